The summed E-state index contributed by atoms with van der Waals surface area (Å²) in [6.45, 7) is 10.1. The van der Waals surface area contributed by atoms with E-state index in [1.165, 1.54) is 12.8 Å². The molecule has 2 saturated heterocycles. The van der Waals surface area contributed by atoms with Crippen molar-refractivity contribution in [3.05, 3.63) is 0 Å². The molecule has 0 saturated carbocycles. The first-order valence-corrected chi connectivity index (χ1v) is 16.4. The van der Waals surface area contributed by atoms with E-state index in [4.69, 9.17) is 13.0 Å². The van der Waals surface area contributed by atoms with Gasteiger partial charge in [0.25, 0.3) is 0 Å². The third-order valence-electron chi connectivity index (χ3n) is 6.38. The van der Waals surface area contributed by atoms with E-state index >= 15 is 0 Å². The van der Waals surface area contributed by atoms with Gasteiger partial charge in [0.1, 0.15) is 0 Å². The van der Waals surface area contributed by atoms with E-state index < -0.39 is 15.6 Å². The molecule has 3 nitrogen and oxygen atoms in total. The van der Waals surface area contributed by atoms with E-state index in [9.17, 15) is 13.2 Å². The van der Waals surface area contributed by atoms with E-state index in [1.807, 2.05) is 0 Å². The molecule has 0 bridgehead atoms. The van der Waals surface area contributed by atoms with Crippen LogP contribution in [0.15, 0.2) is 0 Å². The molecule has 0 unspecified atom stereocenters. The predicted octanol–water partition coefficient (Wildman–Crippen LogP) is 6.78. The van der Waals surface area contributed by atoms with Crippen LogP contribution in [0.25, 0.3) is 0 Å². The van der Waals surface area contributed by atoms with Crippen LogP contribution in [0.2, 0.25) is 0 Å². The maximum absolute atomic E-state index is 10.7. The summed E-state index contributed by atoms with van der Waals surface area (Å²) in [5, 5.41) is 0. The minimum atomic E-state index is -5.84. The van der Waals surface area contributed by atoms with Gasteiger partial charge in [0.15, 0.2) is 0 Å². The summed E-state index contributed by atoms with van der Waals surface area (Å²) in [7, 11) is -5.42. The van der Waals surface area contributed by atoms with Crippen LogP contribution in [0.5, 0.6) is 0 Å². The molecule has 4 atom stereocenters. The van der Waals surface area contributed by atoms with Crippen LogP contribution in [0.4, 0.5) is 13.2 Å². The summed E-state index contributed by atoms with van der Waals surface area (Å²) in [6, 6.07) is 0. The average molecular weight is 616 g/mol. The van der Waals surface area contributed by atoms with Gasteiger partial charge >= 0.3 is 15.6 Å². The van der Waals surface area contributed by atoms with Crippen molar-refractivity contribution in [3.8, 4) is 23.7 Å². The zero-order chi connectivity index (χ0) is 24.4. The maximum atomic E-state index is 10.7. The Morgan fingerprint density at radius 3 is 1.48 bits per heavy atom. The SMILES string of the molecule is C1#CCCC#CCC1.C[C@@H]1CC[C@@H](C)P1CC[PH+]1[C@H](C)CC[C@H]1C.O=S(=O)(O)C(F)(F)F.[Rh]. The second-order valence-electron chi connectivity index (χ2n) is 8.85. The van der Waals surface area contributed by atoms with Gasteiger partial charge in [-0.2, -0.15) is 21.6 Å². The van der Waals surface area contributed by atoms with Crippen LogP contribution in [0, 0.1) is 23.7 Å². The molecule has 2 aliphatic heterocycles. The molecule has 10 heteroatoms. The van der Waals surface area contributed by atoms with Gasteiger partial charge in [-0.25, -0.2) is 0 Å². The fraction of sp³-hybridized carbons (Fsp3) is 0.826. The molecule has 0 aromatic heterocycles. The van der Waals surface area contributed by atoms with Gasteiger partial charge in [0.2, 0.25) is 0 Å². The second-order valence-corrected chi connectivity index (χ2v) is 17.1. The van der Waals surface area contributed by atoms with Gasteiger partial charge < -0.3 is 0 Å². The Morgan fingerprint density at radius 2 is 1.18 bits per heavy atom. The molecular weight excluding hydrogens is 578 g/mol. The number of hydrogen-bond donors (Lipinski definition) is 1. The van der Waals surface area contributed by atoms with Crippen LogP contribution in [-0.2, 0) is 29.6 Å². The fourth-order valence-electron chi connectivity index (χ4n) is 4.40. The zero-order valence-electron chi connectivity index (χ0n) is 20.0. The van der Waals surface area contributed by atoms with Gasteiger partial charge in [-0.05, 0) is 50.8 Å². The molecule has 0 amide bonds. The third-order valence-corrected chi connectivity index (χ3v) is 14.8. The predicted molar refractivity (Wildman–Crippen MR) is 133 cm³/mol. The molecule has 2 fully saturated rings. The molecule has 3 aliphatic rings. The molecule has 3 rings (SSSR count). The van der Waals surface area contributed by atoms with E-state index in [-0.39, 0.29) is 27.4 Å². The van der Waals surface area contributed by atoms with E-state index in [2.05, 4.69) is 51.4 Å². The van der Waals surface area contributed by atoms with Crippen LogP contribution in [0.3, 0.4) is 0 Å². The van der Waals surface area contributed by atoms with Gasteiger partial charge in [0.05, 0.1) is 17.5 Å². The molecular formula is C23H38F3O3P2RhS+. The fourth-order valence-corrected chi connectivity index (χ4v) is 12.2. The summed E-state index contributed by atoms with van der Waals surface area (Å²) >= 11 is 0. The Bertz CT molecular complexity index is 718. The Morgan fingerprint density at radius 1 is 0.848 bits per heavy atom. The topological polar surface area (TPSA) is 54.4 Å². The van der Waals surface area contributed by atoms with Crippen molar-refractivity contribution in [2.75, 3.05) is 12.3 Å². The van der Waals surface area contributed by atoms with Crippen molar-refractivity contribution in [3.63, 3.8) is 0 Å². The standard InChI is InChI=1S/C14H28P2.C8H8.CHF3O3S.Rh/c1-11-5-6-12(2)15(11)9-10-16-13(3)7-8-14(16)4;1-2-4-6-8-7-5-3-1;2-1(3,4)8(5,6)7;/h11-14H,5-10H2,1-4H3;1-2,7-8H2;(H,5,6,7);/p+1/t11-,12-,13-,14-;;;/m1.../s1. The van der Waals surface area contributed by atoms with Crippen molar-refractivity contribution < 1.29 is 45.6 Å². The summed E-state index contributed by atoms with van der Waals surface area (Å²) < 4.78 is 57.5. The van der Waals surface area contributed by atoms with Gasteiger partial charge in [-0.15, -0.1) is 23.7 Å². The summed E-state index contributed by atoms with van der Waals surface area (Å²) in [6.07, 6.45) is 13.3. The minimum Gasteiger partial charge on any atom is -0.279 e. The van der Waals surface area contributed by atoms with Crippen molar-refractivity contribution in [1.82, 2.24) is 0 Å². The van der Waals surface area contributed by atoms with Crippen molar-refractivity contribution in [2.45, 2.75) is 107 Å². The second kappa shape index (κ2) is 16.1. The molecule has 0 aromatic rings. The Balaban J connectivity index is 0.000000512. The first kappa shape index (κ1) is 33.3. The van der Waals surface area contributed by atoms with Crippen LogP contribution >= 0.6 is 15.8 Å². The summed E-state index contributed by atoms with van der Waals surface area (Å²) in [5.74, 6) is 12.1. The number of halogens is 3. The number of rotatable bonds is 3. The Labute approximate surface area is 214 Å². The largest absolute Gasteiger partial charge is 0.522 e. The molecule has 0 aromatic carbocycles. The Hall–Kier alpha value is 0.303. The van der Waals surface area contributed by atoms with E-state index in [0.717, 1.165) is 48.3 Å². The zero-order valence-corrected chi connectivity index (χ0v) is 24.3. The molecule has 33 heavy (non-hydrogen) atoms. The van der Waals surface area contributed by atoms with Gasteiger partial charge in [0, 0.05) is 59.2 Å². The van der Waals surface area contributed by atoms with Crippen LogP contribution in [-0.4, -0.2) is 53.4 Å². The summed E-state index contributed by atoms with van der Waals surface area (Å²) in [5.41, 5.74) is -1.14. The number of alkyl halides is 3. The normalized spacial score (nSPS) is 27.6. The number of hydrogen-bond acceptors (Lipinski definition) is 2. The van der Waals surface area contributed by atoms with Crippen molar-refractivity contribution in [1.29, 1.82) is 0 Å². The molecule has 1 radical (unpaired) electrons. The molecule has 2 heterocycles. The molecule has 0 spiro atoms. The molecule has 1 aliphatic carbocycles. The third kappa shape index (κ3) is 12.7. The first-order valence-electron chi connectivity index (χ1n) is 11.4. The minimum absolute atomic E-state index is 0. The van der Waals surface area contributed by atoms with E-state index in [1.54, 1.807) is 25.2 Å². The smallest absolute Gasteiger partial charge is 0.279 e. The Kier molecular flexibility index (Phi) is 16.3. The maximum Gasteiger partial charge on any atom is 0.522 e. The molecule has 193 valence electrons. The average Bonchev–Trinajstić information content (AvgIpc) is 3.14. The first-order chi connectivity index (χ1) is 14.8. The molecule has 1 N–H and O–H groups in total. The monoisotopic (exact) mass is 616 g/mol. The van der Waals surface area contributed by atoms with Crippen molar-refractivity contribution in [2.24, 2.45) is 0 Å². The quantitative estimate of drug-likeness (QED) is 0.125. The van der Waals surface area contributed by atoms with E-state index in [0.29, 0.717) is 7.92 Å². The summed E-state index contributed by atoms with van der Waals surface area (Å²) in [4.78, 5) is 0. The van der Waals surface area contributed by atoms with Crippen LogP contribution in [0.1, 0.15) is 79.1 Å². The van der Waals surface area contributed by atoms with Gasteiger partial charge in [-0.1, -0.05) is 21.8 Å². The van der Waals surface area contributed by atoms with Gasteiger partial charge in [-0.3, -0.25) is 4.55 Å². The van der Waals surface area contributed by atoms with Crippen LogP contribution < -0.4 is 0 Å². The van der Waals surface area contributed by atoms with Crippen molar-refractivity contribution >= 4 is 26.0 Å².